The van der Waals surface area contributed by atoms with Gasteiger partial charge in [-0.3, -0.25) is 9.36 Å². The zero-order valence-electron chi connectivity index (χ0n) is 22.3. The maximum Gasteiger partial charge on any atom is 0.251 e. The molecule has 0 unspecified atom stereocenters. The van der Waals surface area contributed by atoms with Gasteiger partial charge in [0.15, 0.2) is 11.0 Å². The van der Waals surface area contributed by atoms with E-state index in [0.717, 1.165) is 28.6 Å². The lowest BCUT2D eigenvalue weighted by Crippen LogP contribution is -2.24. The van der Waals surface area contributed by atoms with Gasteiger partial charge in [0.05, 0.1) is 12.2 Å². The van der Waals surface area contributed by atoms with Gasteiger partial charge in [-0.2, -0.15) is 0 Å². The number of hydrogen-bond donors (Lipinski definition) is 1. The topological polar surface area (TPSA) is 59.8 Å². The number of nitrogens with zero attached hydrogens (tertiary/aromatic N) is 3. The number of unbranched alkanes of at least 4 members (excludes halogenated alkanes) is 3. The van der Waals surface area contributed by atoms with Crippen LogP contribution in [0.2, 0.25) is 5.02 Å². The minimum absolute atomic E-state index is 0.131. The smallest absolute Gasteiger partial charge is 0.251 e. The summed E-state index contributed by atoms with van der Waals surface area (Å²) in [5, 5.41) is 13.4. The second-order valence-electron chi connectivity index (χ2n) is 9.57. The quantitative estimate of drug-likeness (QED) is 0.145. The van der Waals surface area contributed by atoms with E-state index in [2.05, 4.69) is 59.7 Å². The molecule has 0 aliphatic heterocycles. The Kier molecular flexibility index (Phi) is 10.0. The second-order valence-corrected chi connectivity index (χ2v) is 10.9. The Bertz CT molecular complexity index is 1370. The highest BCUT2D eigenvalue weighted by atomic mass is 35.5. The summed E-state index contributed by atoms with van der Waals surface area (Å²) in [6.45, 7) is 6.62. The van der Waals surface area contributed by atoms with Crippen molar-refractivity contribution in [3.8, 4) is 5.69 Å². The van der Waals surface area contributed by atoms with Crippen molar-refractivity contribution < 1.29 is 4.79 Å². The summed E-state index contributed by atoms with van der Waals surface area (Å²) in [7, 11) is 0. The van der Waals surface area contributed by atoms with Crippen LogP contribution >= 0.6 is 23.4 Å². The zero-order chi connectivity index (χ0) is 26.9. The number of aryl methyl sites for hydroxylation is 3. The number of halogens is 1. The summed E-state index contributed by atoms with van der Waals surface area (Å²) in [4.78, 5) is 13.0. The molecular formula is C31H35ClN4OS. The molecule has 0 atom stereocenters. The number of amides is 1. The van der Waals surface area contributed by atoms with E-state index in [1.807, 2.05) is 47.9 Å². The molecule has 1 aromatic heterocycles. The van der Waals surface area contributed by atoms with Crippen LogP contribution in [0.3, 0.4) is 0 Å². The number of nitrogens with one attached hydrogen (secondary N) is 1. The zero-order valence-corrected chi connectivity index (χ0v) is 23.9. The van der Waals surface area contributed by atoms with E-state index >= 15 is 0 Å². The van der Waals surface area contributed by atoms with E-state index < -0.39 is 0 Å². The van der Waals surface area contributed by atoms with Crippen LogP contribution in [0.15, 0.2) is 71.9 Å². The van der Waals surface area contributed by atoms with Crippen molar-refractivity contribution in [1.82, 2.24) is 20.1 Å². The highest BCUT2D eigenvalue weighted by Crippen LogP contribution is 2.29. The molecule has 0 saturated carbocycles. The van der Waals surface area contributed by atoms with Crippen LogP contribution in [0.5, 0.6) is 0 Å². The minimum Gasteiger partial charge on any atom is -0.345 e. The predicted molar refractivity (Wildman–Crippen MR) is 157 cm³/mol. The lowest BCUT2D eigenvalue weighted by molar-refractivity contribution is 0.0949. The first kappa shape index (κ1) is 27.9. The van der Waals surface area contributed by atoms with Crippen molar-refractivity contribution in [2.45, 2.75) is 70.3 Å². The van der Waals surface area contributed by atoms with E-state index in [1.165, 1.54) is 42.4 Å². The van der Waals surface area contributed by atoms with Crippen LogP contribution in [0.25, 0.3) is 5.69 Å². The van der Waals surface area contributed by atoms with E-state index in [9.17, 15) is 4.79 Å². The Morgan fingerprint density at radius 2 is 1.74 bits per heavy atom. The fourth-order valence-electron chi connectivity index (χ4n) is 4.33. The van der Waals surface area contributed by atoms with Crippen LogP contribution in [-0.2, 0) is 18.7 Å². The molecule has 0 radical (unpaired) electrons. The Balaban J connectivity index is 1.49. The lowest BCUT2D eigenvalue weighted by atomic mass is 10.0. The summed E-state index contributed by atoms with van der Waals surface area (Å²) < 4.78 is 2.00. The fourth-order valence-corrected chi connectivity index (χ4v) is 5.53. The molecule has 0 bridgehead atoms. The summed E-state index contributed by atoms with van der Waals surface area (Å²) in [5.74, 6) is 1.29. The molecular weight excluding hydrogens is 512 g/mol. The minimum atomic E-state index is -0.131. The van der Waals surface area contributed by atoms with Crippen LogP contribution in [0, 0.1) is 13.8 Å². The summed E-state index contributed by atoms with van der Waals surface area (Å²) in [6, 6.07) is 22.0. The van der Waals surface area contributed by atoms with Gasteiger partial charge in [0.25, 0.3) is 5.91 Å². The molecule has 1 amide bonds. The van der Waals surface area contributed by atoms with Gasteiger partial charge in [-0.1, -0.05) is 92.0 Å². The van der Waals surface area contributed by atoms with Crippen LogP contribution in [-0.4, -0.2) is 20.7 Å². The van der Waals surface area contributed by atoms with E-state index in [-0.39, 0.29) is 12.5 Å². The molecule has 198 valence electrons. The second kappa shape index (κ2) is 13.6. The van der Waals surface area contributed by atoms with E-state index in [1.54, 1.807) is 11.8 Å². The highest BCUT2D eigenvalue weighted by molar-refractivity contribution is 7.98. The molecule has 5 nitrogen and oxygen atoms in total. The first-order chi connectivity index (χ1) is 18.5. The first-order valence-electron chi connectivity index (χ1n) is 13.2. The fraction of sp³-hybridized carbons (Fsp3) is 0.323. The Labute approximate surface area is 235 Å². The van der Waals surface area contributed by atoms with Gasteiger partial charge in [-0.25, -0.2) is 0 Å². The third-order valence-corrected chi connectivity index (χ3v) is 7.89. The molecule has 4 rings (SSSR count). The van der Waals surface area contributed by atoms with Crippen molar-refractivity contribution in [2.75, 3.05) is 0 Å². The van der Waals surface area contributed by atoms with Gasteiger partial charge in [0.1, 0.15) is 0 Å². The summed E-state index contributed by atoms with van der Waals surface area (Å²) in [6.07, 6.45) is 5.98. The summed E-state index contributed by atoms with van der Waals surface area (Å²) >= 11 is 7.99. The van der Waals surface area contributed by atoms with E-state index in [0.29, 0.717) is 16.4 Å². The Morgan fingerprint density at radius 3 is 2.50 bits per heavy atom. The molecule has 7 heteroatoms. The molecule has 0 aliphatic carbocycles. The Hall–Kier alpha value is -3.09. The lowest BCUT2D eigenvalue weighted by Gasteiger charge is -2.14. The number of carbonyl (C=O) groups is 1. The number of aromatic nitrogens is 3. The molecule has 4 aromatic rings. The van der Waals surface area contributed by atoms with Crippen LogP contribution < -0.4 is 5.32 Å². The molecule has 0 spiro atoms. The molecule has 1 N–H and O–H groups in total. The largest absolute Gasteiger partial charge is 0.345 e. The van der Waals surface area contributed by atoms with Crippen LogP contribution in [0.4, 0.5) is 0 Å². The maximum absolute atomic E-state index is 13.0. The number of benzene rings is 3. The van der Waals surface area contributed by atoms with Crippen LogP contribution in [0.1, 0.15) is 71.0 Å². The average Bonchev–Trinajstić information content (AvgIpc) is 3.33. The Morgan fingerprint density at radius 1 is 0.947 bits per heavy atom. The van der Waals surface area contributed by atoms with Crippen molar-refractivity contribution in [3.63, 3.8) is 0 Å². The van der Waals surface area contributed by atoms with Crippen molar-refractivity contribution in [3.05, 3.63) is 105 Å². The maximum atomic E-state index is 13.0. The molecule has 0 fully saturated rings. The number of hydrogen-bond acceptors (Lipinski definition) is 4. The van der Waals surface area contributed by atoms with Gasteiger partial charge >= 0.3 is 0 Å². The monoisotopic (exact) mass is 546 g/mol. The molecule has 38 heavy (non-hydrogen) atoms. The van der Waals surface area contributed by atoms with Gasteiger partial charge in [-0.05, 0) is 73.2 Å². The molecule has 3 aromatic carbocycles. The van der Waals surface area contributed by atoms with Gasteiger partial charge in [0.2, 0.25) is 0 Å². The summed E-state index contributed by atoms with van der Waals surface area (Å²) in [5.41, 5.74) is 6.36. The van der Waals surface area contributed by atoms with Gasteiger partial charge < -0.3 is 5.32 Å². The number of rotatable bonds is 12. The van der Waals surface area contributed by atoms with Crippen molar-refractivity contribution in [2.24, 2.45) is 0 Å². The normalized spacial score (nSPS) is 11.1. The van der Waals surface area contributed by atoms with Crippen molar-refractivity contribution >= 4 is 29.3 Å². The standard InChI is InChI=1S/C31H35ClN4OS/c1-4-5-6-7-11-24-14-16-25(17-15-24)30(37)33-20-29-34-35-31(38-21-26-12-9-8-10-22(26)2)36(29)28-19-27(32)18-13-23(28)3/h8-10,12-19H,4-7,11,20-21H2,1-3H3,(H,33,37). The van der Waals surface area contributed by atoms with E-state index in [4.69, 9.17) is 11.6 Å². The first-order valence-corrected chi connectivity index (χ1v) is 14.6. The van der Waals surface area contributed by atoms with Crippen molar-refractivity contribution in [1.29, 1.82) is 0 Å². The molecule has 0 aliphatic rings. The van der Waals surface area contributed by atoms with Gasteiger partial charge in [-0.15, -0.1) is 10.2 Å². The molecule has 0 saturated heterocycles. The average molecular weight is 547 g/mol. The number of thioether (sulfide) groups is 1. The third-order valence-electron chi connectivity index (χ3n) is 6.67. The third kappa shape index (κ3) is 7.27. The molecule has 1 heterocycles. The SMILES string of the molecule is CCCCCCc1ccc(C(=O)NCc2nnc(SCc3ccccc3C)n2-c2cc(Cl)ccc2C)cc1. The van der Waals surface area contributed by atoms with Gasteiger partial charge in [0, 0.05) is 16.3 Å². The number of carbonyl (C=O) groups excluding carboxylic acids is 1. The predicted octanol–water partition coefficient (Wildman–Crippen LogP) is 7.88. The highest BCUT2D eigenvalue weighted by Gasteiger charge is 2.18.